The summed E-state index contributed by atoms with van der Waals surface area (Å²) in [6.07, 6.45) is 0. The van der Waals surface area contributed by atoms with Crippen molar-refractivity contribution < 1.29 is 23.0 Å². The lowest BCUT2D eigenvalue weighted by Gasteiger charge is -2.12. The summed E-state index contributed by atoms with van der Waals surface area (Å²) < 4.78 is 34.2. The van der Waals surface area contributed by atoms with Gasteiger partial charge in [-0.15, -0.1) is 0 Å². The Morgan fingerprint density at radius 3 is 2.68 bits per heavy atom. The number of hydrogen-bond acceptors (Lipinski definition) is 4. The molecular weight excluding hydrogens is 334 g/mol. The zero-order valence-corrected chi connectivity index (χ0v) is 14.4. The number of rotatable bonds is 10. The molecule has 0 fully saturated rings. The van der Waals surface area contributed by atoms with Crippen molar-refractivity contribution in [1.29, 1.82) is 0 Å². The number of hydrogen-bond donors (Lipinski definition) is 3. The van der Waals surface area contributed by atoms with E-state index in [1.165, 1.54) is 6.07 Å². The maximum Gasteiger partial charge on any atom is 0.387 e. The van der Waals surface area contributed by atoms with Crippen molar-refractivity contribution in [3.8, 4) is 5.75 Å². The molecule has 9 heteroatoms. The minimum absolute atomic E-state index is 0.0325. The largest absolute Gasteiger partial charge is 0.434 e. The molecule has 1 amide bonds. The smallest absolute Gasteiger partial charge is 0.387 e. The summed E-state index contributed by atoms with van der Waals surface area (Å²) in [6.45, 7) is 0.584. The maximum absolute atomic E-state index is 12.4. The van der Waals surface area contributed by atoms with Crippen LogP contribution in [0.4, 0.5) is 8.78 Å². The number of nitrogens with zero attached hydrogens (tertiary/aromatic N) is 1. The molecule has 0 radical (unpaired) electrons. The van der Waals surface area contributed by atoms with Crippen LogP contribution in [0.25, 0.3) is 0 Å². The van der Waals surface area contributed by atoms with Crippen LogP contribution in [0.1, 0.15) is 12.5 Å². The van der Waals surface area contributed by atoms with Crippen LogP contribution in [-0.4, -0.2) is 51.8 Å². The molecule has 0 saturated carbocycles. The van der Waals surface area contributed by atoms with Crippen molar-refractivity contribution in [2.75, 3.05) is 33.4 Å². The van der Waals surface area contributed by atoms with Gasteiger partial charge >= 0.3 is 6.61 Å². The number of carbonyl (C=O) groups excluding carboxylic acids is 1. The van der Waals surface area contributed by atoms with E-state index in [-0.39, 0.29) is 24.7 Å². The van der Waals surface area contributed by atoms with Crippen LogP contribution < -0.4 is 20.7 Å². The molecule has 1 aromatic rings. The summed E-state index contributed by atoms with van der Waals surface area (Å²) in [7, 11) is 1.55. The van der Waals surface area contributed by atoms with E-state index in [0.29, 0.717) is 31.2 Å². The molecule has 0 unspecified atom stereocenters. The Morgan fingerprint density at radius 1 is 1.24 bits per heavy atom. The van der Waals surface area contributed by atoms with Gasteiger partial charge in [0.1, 0.15) is 5.75 Å². The number of amides is 1. The Kier molecular flexibility index (Phi) is 9.91. The minimum Gasteiger partial charge on any atom is -0.434 e. The number of methoxy groups -OCH3 is 1. The molecule has 0 aliphatic carbocycles. The Morgan fingerprint density at radius 2 is 2.00 bits per heavy atom. The first-order valence-electron chi connectivity index (χ1n) is 7.87. The van der Waals surface area contributed by atoms with Gasteiger partial charge in [0, 0.05) is 25.8 Å². The fourth-order valence-corrected chi connectivity index (χ4v) is 1.87. The molecule has 3 N–H and O–H groups in total. The second kappa shape index (κ2) is 12.0. The zero-order chi connectivity index (χ0) is 18.5. The number of nitrogens with one attached hydrogen (secondary N) is 3. The predicted octanol–water partition coefficient (Wildman–Crippen LogP) is 1.11. The van der Waals surface area contributed by atoms with Crippen LogP contribution in [0.3, 0.4) is 0 Å². The predicted molar refractivity (Wildman–Crippen MR) is 90.8 cm³/mol. The second-order valence-electron chi connectivity index (χ2n) is 4.88. The molecule has 0 aliphatic rings. The number of guanidine groups is 1. The fraction of sp³-hybridized carbons (Fsp3) is 0.500. The number of para-hydroxylation sites is 1. The van der Waals surface area contributed by atoms with E-state index in [1.807, 2.05) is 6.92 Å². The average molecular weight is 358 g/mol. The van der Waals surface area contributed by atoms with E-state index in [4.69, 9.17) is 4.74 Å². The summed E-state index contributed by atoms with van der Waals surface area (Å²) in [5.41, 5.74) is 0.518. The quantitative estimate of drug-likeness (QED) is 0.331. The highest BCUT2D eigenvalue weighted by Crippen LogP contribution is 2.20. The van der Waals surface area contributed by atoms with Crippen molar-refractivity contribution in [2.45, 2.75) is 20.1 Å². The third-order valence-electron chi connectivity index (χ3n) is 2.99. The van der Waals surface area contributed by atoms with Gasteiger partial charge in [0.25, 0.3) is 0 Å². The summed E-state index contributed by atoms with van der Waals surface area (Å²) in [5.74, 6) is 0.273. The zero-order valence-electron chi connectivity index (χ0n) is 14.4. The summed E-state index contributed by atoms with van der Waals surface area (Å²) >= 11 is 0. The molecule has 0 aromatic heterocycles. The van der Waals surface area contributed by atoms with E-state index >= 15 is 0 Å². The van der Waals surface area contributed by atoms with Gasteiger partial charge in [-0.25, -0.2) is 4.99 Å². The van der Waals surface area contributed by atoms with E-state index in [0.717, 1.165) is 0 Å². The Balaban J connectivity index is 2.62. The summed E-state index contributed by atoms with van der Waals surface area (Å²) in [5, 5.41) is 8.53. The number of ether oxygens (including phenoxy) is 2. The van der Waals surface area contributed by atoms with Gasteiger partial charge in [-0.3, -0.25) is 4.79 Å². The third-order valence-corrected chi connectivity index (χ3v) is 2.99. The van der Waals surface area contributed by atoms with E-state index in [1.54, 1.807) is 25.3 Å². The SMILES string of the molecule is CCNC(=NCc1ccccc1OC(F)F)NCC(=O)NCCOC. The lowest BCUT2D eigenvalue weighted by molar-refractivity contribution is -0.120. The number of aliphatic imine (C=N–C) groups is 1. The van der Waals surface area contributed by atoms with Crippen LogP contribution in [0.15, 0.2) is 29.3 Å². The lowest BCUT2D eigenvalue weighted by atomic mass is 10.2. The molecule has 0 spiro atoms. The first kappa shape index (κ1) is 20.6. The highest BCUT2D eigenvalue weighted by Gasteiger charge is 2.09. The van der Waals surface area contributed by atoms with Crippen molar-refractivity contribution in [3.05, 3.63) is 29.8 Å². The van der Waals surface area contributed by atoms with E-state index in [9.17, 15) is 13.6 Å². The topological polar surface area (TPSA) is 84.0 Å². The van der Waals surface area contributed by atoms with Crippen LogP contribution in [0.5, 0.6) is 5.75 Å². The van der Waals surface area contributed by atoms with Gasteiger partial charge in [0.15, 0.2) is 5.96 Å². The number of alkyl halides is 2. The normalized spacial score (nSPS) is 11.3. The minimum atomic E-state index is -2.90. The molecule has 7 nitrogen and oxygen atoms in total. The molecule has 0 aliphatic heterocycles. The third kappa shape index (κ3) is 8.85. The lowest BCUT2D eigenvalue weighted by Crippen LogP contribution is -2.43. The van der Waals surface area contributed by atoms with Crippen molar-refractivity contribution >= 4 is 11.9 Å². The molecule has 0 heterocycles. The van der Waals surface area contributed by atoms with Gasteiger partial charge in [0.05, 0.1) is 19.7 Å². The molecule has 25 heavy (non-hydrogen) atoms. The Bertz CT molecular complexity index is 556. The fourth-order valence-electron chi connectivity index (χ4n) is 1.87. The summed E-state index contributed by atoms with van der Waals surface area (Å²) in [6, 6.07) is 6.44. The first-order chi connectivity index (χ1) is 12.1. The van der Waals surface area contributed by atoms with Crippen LogP contribution in [0, 0.1) is 0 Å². The van der Waals surface area contributed by atoms with Crippen molar-refractivity contribution in [3.63, 3.8) is 0 Å². The average Bonchev–Trinajstić information content (AvgIpc) is 2.58. The van der Waals surface area contributed by atoms with Crippen LogP contribution in [-0.2, 0) is 16.1 Å². The van der Waals surface area contributed by atoms with Crippen LogP contribution >= 0.6 is 0 Å². The van der Waals surface area contributed by atoms with Crippen LogP contribution in [0.2, 0.25) is 0 Å². The standard InChI is InChI=1S/C16H24F2N4O3/c1-3-19-16(22-11-14(23)20-8-9-24-2)21-10-12-6-4-5-7-13(12)25-15(17)18/h4-7,15H,3,8-11H2,1-2H3,(H,20,23)(H2,19,21,22). The van der Waals surface area contributed by atoms with Crippen molar-refractivity contribution in [2.24, 2.45) is 4.99 Å². The maximum atomic E-state index is 12.4. The van der Waals surface area contributed by atoms with E-state index < -0.39 is 6.61 Å². The molecule has 0 atom stereocenters. The highest BCUT2D eigenvalue weighted by atomic mass is 19.3. The Labute approximate surface area is 145 Å². The molecule has 1 rings (SSSR count). The number of benzene rings is 1. The van der Waals surface area contributed by atoms with Gasteiger partial charge in [-0.1, -0.05) is 18.2 Å². The van der Waals surface area contributed by atoms with E-state index in [2.05, 4.69) is 25.7 Å². The molecular formula is C16H24F2N4O3. The highest BCUT2D eigenvalue weighted by molar-refractivity contribution is 5.86. The summed E-state index contributed by atoms with van der Waals surface area (Å²) in [4.78, 5) is 15.9. The van der Waals surface area contributed by atoms with Gasteiger partial charge in [-0.2, -0.15) is 8.78 Å². The number of carbonyl (C=O) groups is 1. The monoisotopic (exact) mass is 358 g/mol. The number of halogens is 2. The van der Waals surface area contributed by atoms with Crippen molar-refractivity contribution in [1.82, 2.24) is 16.0 Å². The Hall–Kier alpha value is -2.42. The van der Waals surface area contributed by atoms with Gasteiger partial charge < -0.3 is 25.4 Å². The van der Waals surface area contributed by atoms with Gasteiger partial charge in [-0.05, 0) is 13.0 Å². The van der Waals surface area contributed by atoms with Gasteiger partial charge in [0.2, 0.25) is 5.91 Å². The molecule has 0 saturated heterocycles. The second-order valence-corrected chi connectivity index (χ2v) is 4.88. The molecule has 1 aromatic carbocycles. The molecule has 140 valence electrons. The first-order valence-corrected chi connectivity index (χ1v) is 7.87. The molecule has 0 bridgehead atoms.